The minimum absolute atomic E-state index is 0.188. The quantitative estimate of drug-likeness (QED) is 0.802. The van der Waals surface area contributed by atoms with Crippen LogP contribution in [0.4, 0.5) is 5.69 Å². The lowest BCUT2D eigenvalue weighted by Crippen LogP contribution is -2.45. The van der Waals surface area contributed by atoms with Crippen molar-refractivity contribution in [3.05, 3.63) is 29.3 Å². The molecule has 1 aromatic rings. The first kappa shape index (κ1) is 13.2. The number of hydrogen-bond donors (Lipinski definition) is 0. The summed E-state index contributed by atoms with van der Waals surface area (Å²) in [6.45, 7) is 6.55. The summed E-state index contributed by atoms with van der Waals surface area (Å²) in [5.41, 5.74) is 1.41. The summed E-state index contributed by atoms with van der Waals surface area (Å²) in [7, 11) is 0. The van der Waals surface area contributed by atoms with E-state index in [0.717, 1.165) is 24.5 Å². The van der Waals surface area contributed by atoms with E-state index in [2.05, 4.69) is 36.9 Å². The van der Waals surface area contributed by atoms with Crippen molar-refractivity contribution < 1.29 is 0 Å². The lowest BCUT2D eigenvalue weighted by molar-refractivity contribution is 0.179. The van der Waals surface area contributed by atoms with E-state index in [1.807, 2.05) is 12.1 Å². The molecule has 0 spiro atoms. The second-order valence-electron chi connectivity index (χ2n) is 5.73. The molecule has 0 saturated carbocycles. The van der Waals surface area contributed by atoms with Crippen molar-refractivity contribution in [1.82, 2.24) is 0 Å². The topological polar surface area (TPSA) is 27.0 Å². The summed E-state index contributed by atoms with van der Waals surface area (Å²) in [5, 5.41) is 9.66. The second kappa shape index (κ2) is 5.20. The number of nitriles is 1. The third-order valence-electron chi connectivity index (χ3n) is 3.98. The highest BCUT2D eigenvalue weighted by Gasteiger charge is 2.35. The van der Waals surface area contributed by atoms with Crippen LogP contribution in [-0.2, 0) is 0 Å². The lowest BCUT2D eigenvalue weighted by atomic mass is 9.72. The smallest absolute Gasteiger partial charge is 0.0624 e. The van der Waals surface area contributed by atoms with E-state index in [4.69, 9.17) is 16.9 Å². The molecule has 1 aromatic carbocycles. The van der Waals surface area contributed by atoms with E-state index < -0.39 is 0 Å². The first-order chi connectivity index (χ1) is 8.53. The lowest BCUT2D eigenvalue weighted by Gasteiger charge is -2.44. The Kier molecular flexibility index (Phi) is 3.82. The van der Waals surface area contributed by atoms with Crippen molar-refractivity contribution in [2.45, 2.75) is 26.7 Å². The zero-order valence-corrected chi connectivity index (χ0v) is 11.7. The van der Waals surface area contributed by atoms with Gasteiger partial charge in [0.15, 0.2) is 0 Å². The van der Waals surface area contributed by atoms with Crippen molar-refractivity contribution in [2.24, 2.45) is 11.3 Å². The zero-order valence-electron chi connectivity index (χ0n) is 11.0. The Morgan fingerprint density at radius 3 is 2.61 bits per heavy atom. The first-order valence-corrected chi connectivity index (χ1v) is 6.78. The minimum Gasteiger partial charge on any atom is -0.371 e. The standard InChI is InChI=1S/C15H19ClN2/c1-15(2)11-18(10-8-12(15)7-9-17)14-5-3-13(16)4-6-14/h3-6,12H,7-8,10-11H2,1-2H3. The Bertz CT molecular complexity index is 445. The fourth-order valence-electron chi connectivity index (χ4n) is 2.76. The maximum absolute atomic E-state index is 8.89. The second-order valence-corrected chi connectivity index (χ2v) is 6.17. The number of benzene rings is 1. The zero-order chi connectivity index (χ0) is 13.2. The van der Waals surface area contributed by atoms with Crippen molar-refractivity contribution in [1.29, 1.82) is 5.26 Å². The largest absolute Gasteiger partial charge is 0.371 e. The van der Waals surface area contributed by atoms with Crippen LogP contribution < -0.4 is 4.90 Å². The van der Waals surface area contributed by atoms with Gasteiger partial charge in [0, 0.05) is 30.2 Å². The van der Waals surface area contributed by atoms with Gasteiger partial charge in [0.1, 0.15) is 0 Å². The van der Waals surface area contributed by atoms with Crippen LogP contribution in [0, 0.1) is 22.7 Å². The molecule has 0 amide bonds. The summed E-state index contributed by atoms with van der Waals surface area (Å²) in [4.78, 5) is 2.39. The highest BCUT2D eigenvalue weighted by Crippen LogP contribution is 2.38. The van der Waals surface area contributed by atoms with E-state index in [9.17, 15) is 0 Å². The first-order valence-electron chi connectivity index (χ1n) is 6.40. The van der Waals surface area contributed by atoms with Gasteiger partial charge in [-0.1, -0.05) is 25.4 Å². The molecule has 0 aliphatic carbocycles. The van der Waals surface area contributed by atoms with Crippen LogP contribution in [-0.4, -0.2) is 13.1 Å². The van der Waals surface area contributed by atoms with Crippen LogP contribution >= 0.6 is 11.6 Å². The molecule has 0 aromatic heterocycles. The van der Waals surface area contributed by atoms with Gasteiger partial charge < -0.3 is 4.90 Å². The molecule has 1 saturated heterocycles. The van der Waals surface area contributed by atoms with Crippen molar-refractivity contribution in [3.8, 4) is 6.07 Å². The summed E-state index contributed by atoms with van der Waals surface area (Å²) in [6.07, 6.45) is 1.75. The Balaban J connectivity index is 2.11. The Hall–Kier alpha value is -1.20. The third-order valence-corrected chi connectivity index (χ3v) is 4.23. The van der Waals surface area contributed by atoms with Crippen LogP contribution in [0.2, 0.25) is 5.02 Å². The SMILES string of the molecule is CC1(C)CN(c2ccc(Cl)cc2)CCC1CC#N. The molecule has 0 radical (unpaired) electrons. The van der Waals surface area contributed by atoms with Crippen molar-refractivity contribution in [2.75, 3.05) is 18.0 Å². The molecule has 1 aliphatic rings. The number of hydrogen-bond acceptors (Lipinski definition) is 2. The molecule has 18 heavy (non-hydrogen) atoms. The molecular formula is C15H19ClN2. The molecule has 1 heterocycles. The number of anilines is 1. The van der Waals surface area contributed by atoms with E-state index >= 15 is 0 Å². The van der Waals surface area contributed by atoms with E-state index in [1.165, 1.54) is 5.69 Å². The van der Waals surface area contributed by atoms with Crippen molar-refractivity contribution in [3.63, 3.8) is 0 Å². The molecule has 0 bridgehead atoms. The van der Waals surface area contributed by atoms with Gasteiger partial charge in [-0.15, -0.1) is 0 Å². The molecule has 1 unspecified atom stereocenters. The normalized spacial score (nSPS) is 22.6. The van der Waals surface area contributed by atoms with Gasteiger partial charge in [-0.3, -0.25) is 0 Å². The van der Waals surface area contributed by atoms with Crippen LogP contribution in [0.25, 0.3) is 0 Å². The van der Waals surface area contributed by atoms with E-state index in [1.54, 1.807) is 0 Å². The fraction of sp³-hybridized carbons (Fsp3) is 0.533. The molecule has 2 rings (SSSR count). The number of halogens is 1. The molecule has 1 atom stereocenters. The molecule has 0 N–H and O–H groups in total. The summed E-state index contributed by atoms with van der Waals surface area (Å²) in [6, 6.07) is 10.3. The van der Waals surface area contributed by atoms with Crippen LogP contribution in [0.5, 0.6) is 0 Å². The van der Waals surface area contributed by atoms with Crippen molar-refractivity contribution >= 4 is 17.3 Å². The molecule has 1 fully saturated rings. The number of rotatable bonds is 2. The van der Waals surface area contributed by atoms with Gasteiger partial charge in [-0.25, -0.2) is 0 Å². The summed E-state index contributed by atoms with van der Waals surface area (Å²) >= 11 is 5.92. The minimum atomic E-state index is 0.188. The average molecular weight is 263 g/mol. The van der Waals surface area contributed by atoms with E-state index in [0.29, 0.717) is 12.3 Å². The molecule has 1 aliphatic heterocycles. The Morgan fingerprint density at radius 2 is 2.06 bits per heavy atom. The van der Waals surface area contributed by atoms with Crippen LogP contribution in [0.3, 0.4) is 0 Å². The summed E-state index contributed by atoms with van der Waals surface area (Å²) < 4.78 is 0. The molecule has 96 valence electrons. The Morgan fingerprint density at radius 1 is 1.39 bits per heavy atom. The predicted octanol–water partition coefficient (Wildman–Crippen LogP) is 4.11. The van der Waals surface area contributed by atoms with Crippen LogP contribution in [0.1, 0.15) is 26.7 Å². The predicted molar refractivity (Wildman–Crippen MR) is 75.8 cm³/mol. The van der Waals surface area contributed by atoms with E-state index in [-0.39, 0.29) is 5.41 Å². The van der Waals surface area contributed by atoms with Crippen LogP contribution in [0.15, 0.2) is 24.3 Å². The van der Waals surface area contributed by atoms with Gasteiger partial charge in [-0.2, -0.15) is 5.26 Å². The third kappa shape index (κ3) is 2.79. The maximum Gasteiger partial charge on any atom is 0.0624 e. The van der Waals surface area contributed by atoms with Gasteiger partial charge >= 0.3 is 0 Å². The monoisotopic (exact) mass is 262 g/mol. The molecular weight excluding hydrogens is 244 g/mol. The highest BCUT2D eigenvalue weighted by molar-refractivity contribution is 6.30. The highest BCUT2D eigenvalue weighted by atomic mass is 35.5. The van der Waals surface area contributed by atoms with Gasteiger partial charge in [0.25, 0.3) is 0 Å². The molecule has 3 heteroatoms. The number of piperidine rings is 1. The maximum atomic E-state index is 8.89. The fourth-order valence-corrected chi connectivity index (χ4v) is 2.89. The van der Waals surface area contributed by atoms with Gasteiger partial charge in [0.05, 0.1) is 6.07 Å². The summed E-state index contributed by atoms with van der Waals surface area (Å²) in [5.74, 6) is 0.506. The Labute approximate surface area is 114 Å². The number of nitrogens with zero attached hydrogens (tertiary/aromatic N) is 2. The average Bonchev–Trinajstić information content (AvgIpc) is 2.32. The molecule has 2 nitrogen and oxygen atoms in total. The van der Waals surface area contributed by atoms with Gasteiger partial charge in [-0.05, 0) is 42.0 Å². The van der Waals surface area contributed by atoms with Gasteiger partial charge in [0.2, 0.25) is 0 Å².